The van der Waals surface area contributed by atoms with E-state index in [0.29, 0.717) is 47.7 Å². The molecule has 8 heteroatoms. The smallest absolute Gasteiger partial charge is 0.261 e. The van der Waals surface area contributed by atoms with Crippen molar-refractivity contribution in [1.29, 1.82) is 0 Å². The lowest BCUT2D eigenvalue weighted by molar-refractivity contribution is 0.0953. The Morgan fingerprint density at radius 3 is 2.89 bits per heavy atom. The highest BCUT2D eigenvalue weighted by Gasteiger charge is 2.15. The maximum atomic E-state index is 12.8. The third kappa shape index (κ3) is 3.81. The summed E-state index contributed by atoms with van der Waals surface area (Å²) in [6, 6.07) is 5.07. The van der Waals surface area contributed by atoms with Gasteiger partial charge in [-0.2, -0.15) is 4.98 Å². The van der Waals surface area contributed by atoms with Crippen LogP contribution in [0.25, 0.3) is 10.9 Å². The van der Waals surface area contributed by atoms with E-state index in [2.05, 4.69) is 15.5 Å². The molecule has 0 saturated heterocycles. The molecule has 0 aliphatic carbocycles. The minimum absolute atomic E-state index is 0.0133. The van der Waals surface area contributed by atoms with Crippen molar-refractivity contribution in [3.8, 4) is 0 Å². The Kier molecular flexibility index (Phi) is 5.18. The Labute approximate surface area is 162 Å². The van der Waals surface area contributed by atoms with Gasteiger partial charge in [-0.1, -0.05) is 18.0 Å². The molecule has 0 bridgehead atoms. The summed E-state index contributed by atoms with van der Waals surface area (Å²) in [4.78, 5) is 34.1. The molecule has 2 aromatic heterocycles. The lowest BCUT2D eigenvalue weighted by Gasteiger charge is -2.16. The second-order valence-corrected chi connectivity index (χ2v) is 7.12. The van der Waals surface area contributed by atoms with Crippen LogP contribution in [0.1, 0.15) is 53.6 Å². The van der Waals surface area contributed by atoms with E-state index < -0.39 is 0 Å². The fourth-order valence-electron chi connectivity index (χ4n) is 3.56. The molecule has 0 unspecified atom stereocenters. The van der Waals surface area contributed by atoms with Gasteiger partial charge in [-0.05, 0) is 38.0 Å². The van der Waals surface area contributed by atoms with E-state index in [9.17, 15) is 9.59 Å². The van der Waals surface area contributed by atoms with Gasteiger partial charge in [0.2, 0.25) is 5.89 Å². The van der Waals surface area contributed by atoms with Gasteiger partial charge in [0.1, 0.15) is 5.82 Å². The van der Waals surface area contributed by atoms with Crippen LogP contribution in [0.15, 0.2) is 27.5 Å². The number of fused-ring (bicyclic) bond motifs is 2. The summed E-state index contributed by atoms with van der Waals surface area (Å²) >= 11 is 0. The van der Waals surface area contributed by atoms with Crippen molar-refractivity contribution in [1.82, 2.24) is 25.0 Å². The molecule has 1 N–H and O–H groups in total. The van der Waals surface area contributed by atoms with Crippen LogP contribution >= 0.6 is 0 Å². The van der Waals surface area contributed by atoms with Crippen molar-refractivity contribution in [2.45, 2.75) is 52.0 Å². The predicted octanol–water partition coefficient (Wildman–Crippen LogP) is 2.18. The second kappa shape index (κ2) is 7.92. The van der Waals surface area contributed by atoms with Crippen LogP contribution < -0.4 is 10.9 Å². The van der Waals surface area contributed by atoms with Gasteiger partial charge in [0.25, 0.3) is 11.5 Å². The van der Waals surface area contributed by atoms with E-state index in [4.69, 9.17) is 9.51 Å². The molecule has 28 heavy (non-hydrogen) atoms. The lowest BCUT2D eigenvalue weighted by atomic mass is 10.1. The number of amides is 1. The zero-order chi connectivity index (χ0) is 19.5. The van der Waals surface area contributed by atoms with Gasteiger partial charge in [0.05, 0.1) is 10.9 Å². The monoisotopic (exact) mass is 381 g/mol. The van der Waals surface area contributed by atoms with Crippen LogP contribution in [-0.4, -0.2) is 32.1 Å². The summed E-state index contributed by atoms with van der Waals surface area (Å²) < 4.78 is 6.83. The van der Waals surface area contributed by atoms with Crippen molar-refractivity contribution in [3.05, 3.63) is 51.7 Å². The summed E-state index contributed by atoms with van der Waals surface area (Å²) in [5.74, 6) is 1.67. The lowest BCUT2D eigenvalue weighted by Crippen LogP contribution is -2.28. The molecule has 4 rings (SSSR count). The Morgan fingerprint density at radius 1 is 1.21 bits per heavy atom. The second-order valence-electron chi connectivity index (χ2n) is 7.12. The first kappa shape index (κ1) is 18.3. The van der Waals surface area contributed by atoms with Crippen LogP contribution in [0.5, 0.6) is 0 Å². The third-order valence-corrected chi connectivity index (χ3v) is 5.02. The molecule has 146 valence electrons. The maximum Gasteiger partial charge on any atom is 0.261 e. The number of carbonyl (C=O) groups excluding carboxylic acids is 1. The molecule has 0 radical (unpaired) electrons. The quantitative estimate of drug-likeness (QED) is 0.743. The highest BCUT2D eigenvalue weighted by Crippen LogP contribution is 2.16. The summed E-state index contributed by atoms with van der Waals surface area (Å²) in [6.07, 6.45) is 5.61. The van der Waals surface area contributed by atoms with Gasteiger partial charge in [0, 0.05) is 31.5 Å². The fourth-order valence-corrected chi connectivity index (χ4v) is 3.56. The van der Waals surface area contributed by atoms with E-state index in [1.54, 1.807) is 29.7 Å². The van der Waals surface area contributed by atoms with Gasteiger partial charge in [-0.25, -0.2) is 4.98 Å². The van der Waals surface area contributed by atoms with Crippen LogP contribution in [-0.2, 0) is 19.4 Å². The molecule has 8 nitrogen and oxygen atoms in total. The normalized spacial score (nSPS) is 14.3. The van der Waals surface area contributed by atoms with Gasteiger partial charge in [-0.15, -0.1) is 0 Å². The van der Waals surface area contributed by atoms with Crippen LogP contribution in [0.3, 0.4) is 0 Å². The highest BCUT2D eigenvalue weighted by molar-refractivity contribution is 5.97. The summed E-state index contributed by atoms with van der Waals surface area (Å²) in [7, 11) is 0. The van der Waals surface area contributed by atoms with E-state index >= 15 is 0 Å². The SMILES string of the molecule is Cc1noc(CCNC(=O)c2ccc3c(=O)n4c(nc3c2)CCCCCC4)n1. The number of nitrogens with zero attached hydrogens (tertiary/aromatic N) is 4. The van der Waals surface area contributed by atoms with Crippen molar-refractivity contribution in [2.75, 3.05) is 6.54 Å². The van der Waals surface area contributed by atoms with Crippen molar-refractivity contribution in [2.24, 2.45) is 0 Å². The molecule has 0 spiro atoms. The zero-order valence-corrected chi connectivity index (χ0v) is 15.9. The number of carbonyl (C=O) groups is 1. The molecular formula is C20H23N5O3. The van der Waals surface area contributed by atoms with Crippen LogP contribution in [0.2, 0.25) is 0 Å². The Balaban J connectivity index is 1.54. The summed E-state index contributed by atoms with van der Waals surface area (Å²) in [5, 5.41) is 7.12. The summed E-state index contributed by atoms with van der Waals surface area (Å²) in [5.41, 5.74) is 1.05. The van der Waals surface area contributed by atoms with Gasteiger partial charge >= 0.3 is 0 Å². The van der Waals surface area contributed by atoms with E-state index in [1.165, 1.54) is 0 Å². The number of hydrogen-bond acceptors (Lipinski definition) is 6. The minimum Gasteiger partial charge on any atom is -0.352 e. The highest BCUT2D eigenvalue weighted by atomic mass is 16.5. The average molecular weight is 381 g/mol. The molecule has 1 aromatic carbocycles. The zero-order valence-electron chi connectivity index (χ0n) is 15.9. The van der Waals surface area contributed by atoms with E-state index in [1.807, 2.05) is 0 Å². The number of aryl methyl sites for hydroxylation is 2. The maximum absolute atomic E-state index is 12.8. The first-order chi connectivity index (χ1) is 13.6. The largest absolute Gasteiger partial charge is 0.352 e. The molecular weight excluding hydrogens is 358 g/mol. The third-order valence-electron chi connectivity index (χ3n) is 5.02. The molecule has 0 fully saturated rings. The Hall–Kier alpha value is -3.03. The molecule has 1 amide bonds. The predicted molar refractivity (Wildman–Crippen MR) is 103 cm³/mol. The van der Waals surface area contributed by atoms with Gasteiger partial charge in [0.15, 0.2) is 5.82 Å². The number of nitrogens with one attached hydrogen (secondary N) is 1. The fraction of sp³-hybridized carbons (Fsp3) is 0.450. The number of hydrogen-bond donors (Lipinski definition) is 1. The minimum atomic E-state index is -0.216. The average Bonchev–Trinajstić information content (AvgIpc) is 3.08. The van der Waals surface area contributed by atoms with Crippen LogP contribution in [0, 0.1) is 6.92 Å². The van der Waals surface area contributed by atoms with E-state index in [-0.39, 0.29) is 11.5 Å². The standard InChI is InChI=1S/C20H23N5O3/c1-13-22-18(28-24-13)9-10-21-19(26)14-7-8-15-16(12-14)23-17-6-4-2-3-5-11-25(17)20(15)27/h7-8,12H,2-6,9-11H2,1H3,(H,21,26). The first-order valence-electron chi connectivity index (χ1n) is 9.73. The van der Waals surface area contributed by atoms with Crippen molar-refractivity contribution in [3.63, 3.8) is 0 Å². The molecule has 1 aliphatic heterocycles. The van der Waals surface area contributed by atoms with Crippen molar-refractivity contribution >= 4 is 16.8 Å². The Bertz CT molecular complexity index is 1070. The van der Waals surface area contributed by atoms with Gasteiger partial charge in [-0.3, -0.25) is 14.2 Å². The number of rotatable bonds is 4. The number of aromatic nitrogens is 4. The molecule has 0 saturated carbocycles. The topological polar surface area (TPSA) is 103 Å². The Morgan fingerprint density at radius 2 is 2.07 bits per heavy atom. The molecule has 0 atom stereocenters. The first-order valence-corrected chi connectivity index (χ1v) is 9.73. The van der Waals surface area contributed by atoms with Gasteiger partial charge < -0.3 is 9.84 Å². The number of benzene rings is 1. The molecule has 3 aromatic rings. The van der Waals surface area contributed by atoms with Crippen LogP contribution in [0.4, 0.5) is 0 Å². The molecule has 1 aliphatic rings. The summed E-state index contributed by atoms with van der Waals surface area (Å²) in [6.45, 7) is 2.85. The van der Waals surface area contributed by atoms with Crippen molar-refractivity contribution < 1.29 is 9.32 Å². The van der Waals surface area contributed by atoms with E-state index in [0.717, 1.165) is 37.9 Å². The molecule has 3 heterocycles.